The molecule has 0 spiro atoms. The molecule has 27 heavy (non-hydrogen) atoms. The lowest BCUT2D eigenvalue weighted by Gasteiger charge is -2.21. The number of nitrogens with one attached hydrogen (secondary N) is 1. The Morgan fingerprint density at radius 1 is 1.07 bits per heavy atom. The molecule has 0 bridgehead atoms. The molecule has 2 aromatic carbocycles. The van der Waals surface area contributed by atoms with Crippen molar-refractivity contribution in [2.75, 3.05) is 19.0 Å². The lowest BCUT2D eigenvalue weighted by Crippen LogP contribution is -2.30. The number of rotatable bonds is 7. The summed E-state index contributed by atoms with van der Waals surface area (Å²) in [6.45, 7) is 3.20. The Kier molecular flexibility index (Phi) is 6.05. The van der Waals surface area contributed by atoms with E-state index in [-0.39, 0.29) is 5.91 Å². The summed E-state index contributed by atoms with van der Waals surface area (Å²) in [6, 6.07) is 21.2. The molecule has 1 aromatic heterocycles. The van der Waals surface area contributed by atoms with Gasteiger partial charge in [-0.15, -0.1) is 0 Å². The molecule has 0 aliphatic heterocycles. The highest BCUT2D eigenvalue weighted by molar-refractivity contribution is 5.94. The molecule has 0 unspecified atom stereocenters. The van der Waals surface area contributed by atoms with Crippen LogP contribution in [0.3, 0.4) is 0 Å². The number of ether oxygens (including phenoxy) is 1. The number of carbonyl (C=O) groups excluding carboxylic acids is 1. The summed E-state index contributed by atoms with van der Waals surface area (Å²) in [7, 11) is 1.63. The number of methoxy groups -OCH3 is 1. The van der Waals surface area contributed by atoms with Crippen molar-refractivity contribution >= 4 is 17.4 Å². The maximum absolute atomic E-state index is 12.8. The third kappa shape index (κ3) is 4.85. The number of amides is 1. The zero-order valence-electron chi connectivity index (χ0n) is 15.6. The first-order valence-electron chi connectivity index (χ1n) is 8.90. The van der Waals surface area contributed by atoms with Gasteiger partial charge in [0.2, 0.25) is 0 Å². The molecule has 5 heteroatoms. The van der Waals surface area contributed by atoms with Gasteiger partial charge in [0.15, 0.2) is 0 Å². The van der Waals surface area contributed by atoms with E-state index in [4.69, 9.17) is 4.74 Å². The Balaban J connectivity index is 1.68. The molecule has 5 nitrogen and oxygen atoms in total. The van der Waals surface area contributed by atoms with Crippen LogP contribution in [0.2, 0.25) is 0 Å². The number of hydrogen-bond acceptors (Lipinski definition) is 4. The first-order valence-corrected chi connectivity index (χ1v) is 8.90. The van der Waals surface area contributed by atoms with E-state index in [9.17, 15) is 4.79 Å². The van der Waals surface area contributed by atoms with Gasteiger partial charge in [0.1, 0.15) is 11.6 Å². The number of aromatic nitrogens is 1. The lowest BCUT2D eigenvalue weighted by molar-refractivity contribution is 0.0752. The van der Waals surface area contributed by atoms with Gasteiger partial charge in [-0.2, -0.15) is 0 Å². The van der Waals surface area contributed by atoms with E-state index in [1.165, 1.54) is 0 Å². The average Bonchev–Trinajstić information content (AvgIpc) is 2.73. The Hall–Kier alpha value is -3.34. The quantitative estimate of drug-likeness (QED) is 0.673. The summed E-state index contributed by atoms with van der Waals surface area (Å²) in [5.41, 5.74) is 2.56. The highest BCUT2D eigenvalue weighted by Gasteiger charge is 2.15. The Morgan fingerprint density at radius 2 is 1.89 bits per heavy atom. The molecular weight excluding hydrogens is 338 g/mol. The van der Waals surface area contributed by atoms with E-state index in [2.05, 4.69) is 10.3 Å². The predicted octanol–water partition coefficient (Wildman–Crippen LogP) is 4.50. The molecule has 3 rings (SSSR count). The summed E-state index contributed by atoms with van der Waals surface area (Å²) in [4.78, 5) is 19.0. The first-order chi connectivity index (χ1) is 13.2. The Morgan fingerprint density at radius 3 is 2.56 bits per heavy atom. The van der Waals surface area contributed by atoms with Crippen molar-refractivity contribution < 1.29 is 9.53 Å². The zero-order chi connectivity index (χ0) is 19.1. The fourth-order valence-electron chi connectivity index (χ4n) is 2.76. The van der Waals surface area contributed by atoms with Crippen LogP contribution in [0.1, 0.15) is 22.8 Å². The molecular formula is C22H23N3O2. The van der Waals surface area contributed by atoms with E-state index in [1.807, 2.05) is 72.5 Å². The van der Waals surface area contributed by atoms with Crippen molar-refractivity contribution in [1.82, 2.24) is 9.88 Å². The van der Waals surface area contributed by atoms with Crippen molar-refractivity contribution in [2.45, 2.75) is 13.5 Å². The minimum absolute atomic E-state index is 0.0261. The molecule has 0 radical (unpaired) electrons. The summed E-state index contributed by atoms with van der Waals surface area (Å²) < 4.78 is 5.22. The van der Waals surface area contributed by atoms with Crippen LogP contribution < -0.4 is 10.1 Å². The van der Waals surface area contributed by atoms with Gasteiger partial charge < -0.3 is 15.0 Å². The Labute approximate surface area is 159 Å². The summed E-state index contributed by atoms with van der Waals surface area (Å²) in [5, 5.41) is 3.21. The molecule has 0 saturated heterocycles. The fourth-order valence-corrected chi connectivity index (χ4v) is 2.76. The van der Waals surface area contributed by atoms with Crippen LogP contribution in [0.15, 0.2) is 72.9 Å². The van der Waals surface area contributed by atoms with Crippen LogP contribution in [0.5, 0.6) is 5.75 Å². The molecule has 138 valence electrons. The van der Waals surface area contributed by atoms with Gasteiger partial charge in [0.25, 0.3) is 5.91 Å². The van der Waals surface area contributed by atoms with Crippen molar-refractivity contribution in [3.63, 3.8) is 0 Å². The van der Waals surface area contributed by atoms with E-state index in [0.29, 0.717) is 24.5 Å². The van der Waals surface area contributed by atoms with E-state index in [1.54, 1.807) is 19.4 Å². The van der Waals surface area contributed by atoms with Crippen molar-refractivity contribution in [1.29, 1.82) is 0 Å². The lowest BCUT2D eigenvalue weighted by atomic mass is 10.2. The minimum atomic E-state index is -0.0261. The zero-order valence-corrected chi connectivity index (χ0v) is 15.6. The highest BCUT2D eigenvalue weighted by atomic mass is 16.5. The average molecular weight is 361 g/mol. The second kappa shape index (κ2) is 8.85. The summed E-state index contributed by atoms with van der Waals surface area (Å²) >= 11 is 0. The first kappa shape index (κ1) is 18.5. The van der Waals surface area contributed by atoms with Crippen LogP contribution in [0.4, 0.5) is 11.5 Å². The SMILES string of the molecule is CCN(Cc1ccccc1)C(=O)c1ccc(Nc2cccc(OC)c2)nc1. The highest BCUT2D eigenvalue weighted by Crippen LogP contribution is 2.20. The number of nitrogens with zero attached hydrogens (tertiary/aromatic N) is 2. The van der Waals surface area contributed by atoms with Crippen molar-refractivity contribution in [2.24, 2.45) is 0 Å². The minimum Gasteiger partial charge on any atom is -0.497 e. The standard InChI is InChI=1S/C22H23N3O2/c1-3-25(16-17-8-5-4-6-9-17)22(26)18-12-13-21(23-15-18)24-19-10-7-11-20(14-19)27-2/h4-15H,3,16H2,1-2H3,(H,23,24). The second-order valence-electron chi connectivity index (χ2n) is 6.09. The maximum Gasteiger partial charge on any atom is 0.255 e. The van der Waals surface area contributed by atoms with Crippen molar-refractivity contribution in [3.05, 3.63) is 84.1 Å². The largest absolute Gasteiger partial charge is 0.497 e. The predicted molar refractivity (Wildman–Crippen MR) is 107 cm³/mol. The van der Waals surface area contributed by atoms with Crippen molar-refractivity contribution in [3.8, 4) is 5.75 Å². The van der Waals surface area contributed by atoms with Gasteiger partial charge in [-0.1, -0.05) is 36.4 Å². The molecule has 0 atom stereocenters. The molecule has 1 amide bonds. The van der Waals surface area contributed by atoms with Gasteiger partial charge in [-0.05, 0) is 36.8 Å². The summed E-state index contributed by atoms with van der Waals surface area (Å²) in [5.74, 6) is 1.42. The number of carbonyl (C=O) groups is 1. The van der Waals surface area contributed by atoms with Crippen LogP contribution in [-0.4, -0.2) is 29.4 Å². The summed E-state index contributed by atoms with van der Waals surface area (Å²) in [6.07, 6.45) is 1.61. The number of pyridine rings is 1. The van der Waals surface area contributed by atoms with E-state index >= 15 is 0 Å². The van der Waals surface area contributed by atoms with Gasteiger partial charge in [-0.25, -0.2) is 4.98 Å². The van der Waals surface area contributed by atoms with Crippen LogP contribution >= 0.6 is 0 Å². The fraction of sp³-hybridized carbons (Fsp3) is 0.182. The van der Waals surface area contributed by atoms with Gasteiger partial charge in [0.05, 0.1) is 12.7 Å². The maximum atomic E-state index is 12.8. The Bertz CT molecular complexity index is 880. The third-order valence-electron chi connectivity index (χ3n) is 4.24. The molecule has 1 heterocycles. The topological polar surface area (TPSA) is 54.5 Å². The number of benzene rings is 2. The normalized spacial score (nSPS) is 10.3. The van der Waals surface area contributed by atoms with Crippen LogP contribution in [-0.2, 0) is 6.54 Å². The monoisotopic (exact) mass is 361 g/mol. The van der Waals surface area contributed by atoms with Crippen LogP contribution in [0.25, 0.3) is 0 Å². The van der Waals surface area contributed by atoms with Gasteiger partial charge in [0, 0.05) is 31.0 Å². The molecule has 0 aliphatic rings. The van der Waals surface area contributed by atoms with Crippen LogP contribution in [0, 0.1) is 0 Å². The van der Waals surface area contributed by atoms with Gasteiger partial charge >= 0.3 is 0 Å². The smallest absolute Gasteiger partial charge is 0.255 e. The van der Waals surface area contributed by atoms with E-state index in [0.717, 1.165) is 17.0 Å². The number of hydrogen-bond donors (Lipinski definition) is 1. The number of anilines is 2. The van der Waals surface area contributed by atoms with E-state index < -0.39 is 0 Å². The van der Waals surface area contributed by atoms with Gasteiger partial charge in [-0.3, -0.25) is 4.79 Å². The second-order valence-corrected chi connectivity index (χ2v) is 6.09. The molecule has 0 saturated carbocycles. The molecule has 0 fully saturated rings. The molecule has 1 N–H and O–H groups in total. The third-order valence-corrected chi connectivity index (χ3v) is 4.24. The molecule has 0 aliphatic carbocycles. The molecule has 3 aromatic rings.